The van der Waals surface area contributed by atoms with Crippen LogP contribution in [0, 0.1) is 0 Å². The molecule has 23 heavy (non-hydrogen) atoms. The molecule has 1 saturated carbocycles. The van der Waals surface area contributed by atoms with E-state index in [0.717, 1.165) is 6.42 Å². The van der Waals surface area contributed by atoms with Gasteiger partial charge in [-0.25, -0.2) is 14.0 Å². The number of hydrogen-bond acceptors (Lipinski definition) is 5. The van der Waals surface area contributed by atoms with Gasteiger partial charge in [0, 0.05) is 12.8 Å². The van der Waals surface area contributed by atoms with Gasteiger partial charge in [0.2, 0.25) is 11.9 Å². The van der Waals surface area contributed by atoms with Crippen LogP contribution in [0.2, 0.25) is 0 Å². The van der Waals surface area contributed by atoms with Gasteiger partial charge in [0.05, 0.1) is 5.57 Å². The fraction of sp³-hybridized carbons (Fsp3) is 0.429. The molecule has 1 aliphatic carbocycles. The molecule has 5 nitrogen and oxygen atoms in total. The van der Waals surface area contributed by atoms with E-state index in [1.165, 1.54) is 5.32 Å². The SMILES string of the molecule is O=C1OC2(CCCCC2)OC(=O)C1=C1C(F)=C(F)NC(F)=C1Cl. The summed E-state index contributed by atoms with van der Waals surface area (Å²) in [5.74, 6) is -8.61. The van der Waals surface area contributed by atoms with Crippen LogP contribution in [-0.4, -0.2) is 17.7 Å². The van der Waals surface area contributed by atoms with Crippen LogP contribution in [0.3, 0.4) is 0 Å². The van der Waals surface area contributed by atoms with E-state index in [1.807, 2.05) is 0 Å². The fourth-order valence-corrected chi connectivity index (χ4v) is 3.01. The summed E-state index contributed by atoms with van der Waals surface area (Å²) in [6.07, 6.45) is 2.92. The summed E-state index contributed by atoms with van der Waals surface area (Å²) in [5, 5.41) is 0.477. The van der Waals surface area contributed by atoms with E-state index in [9.17, 15) is 22.8 Å². The molecule has 2 heterocycles. The summed E-state index contributed by atoms with van der Waals surface area (Å²) in [7, 11) is 0. The fourth-order valence-electron chi connectivity index (χ4n) is 2.78. The molecule has 0 bridgehead atoms. The minimum atomic E-state index is -1.70. The second-order valence-electron chi connectivity index (χ2n) is 5.38. The smallest absolute Gasteiger partial charge is 0.349 e. The van der Waals surface area contributed by atoms with Crippen molar-refractivity contribution in [3.63, 3.8) is 0 Å². The third kappa shape index (κ3) is 2.60. The molecule has 0 atom stereocenters. The zero-order valence-electron chi connectivity index (χ0n) is 11.7. The quantitative estimate of drug-likeness (QED) is 0.315. The van der Waals surface area contributed by atoms with Gasteiger partial charge in [-0.2, -0.15) is 8.78 Å². The average Bonchev–Trinajstić information content (AvgIpc) is 2.48. The van der Waals surface area contributed by atoms with Crippen LogP contribution in [0.4, 0.5) is 13.2 Å². The topological polar surface area (TPSA) is 64.6 Å². The highest BCUT2D eigenvalue weighted by Crippen LogP contribution is 2.41. The minimum Gasteiger partial charge on any atom is -0.419 e. The number of ether oxygens (including phenoxy) is 2. The van der Waals surface area contributed by atoms with E-state index in [0.29, 0.717) is 25.7 Å². The van der Waals surface area contributed by atoms with Crippen LogP contribution < -0.4 is 5.32 Å². The first-order valence-electron chi connectivity index (χ1n) is 6.94. The Morgan fingerprint density at radius 1 is 0.913 bits per heavy atom. The van der Waals surface area contributed by atoms with Gasteiger partial charge in [0.25, 0.3) is 5.79 Å². The summed E-state index contributed by atoms with van der Waals surface area (Å²) < 4.78 is 51.0. The van der Waals surface area contributed by atoms with Crippen molar-refractivity contribution in [1.82, 2.24) is 5.32 Å². The van der Waals surface area contributed by atoms with E-state index in [1.54, 1.807) is 0 Å². The van der Waals surface area contributed by atoms with Crippen LogP contribution in [0.15, 0.2) is 33.9 Å². The van der Waals surface area contributed by atoms with Gasteiger partial charge in [-0.15, -0.1) is 0 Å². The molecule has 1 spiro atoms. The second kappa shape index (κ2) is 5.59. The molecule has 0 unspecified atom stereocenters. The molecular formula is C14H11ClF3NO4. The zero-order chi connectivity index (χ0) is 16.8. The molecule has 9 heteroatoms. The lowest BCUT2D eigenvalue weighted by Crippen LogP contribution is -2.48. The van der Waals surface area contributed by atoms with Crippen molar-refractivity contribution in [2.24, 2.45) is 0 Å². The van der Waals surface area contributed by atoms with Gasteiger partial charge < -0.3 is 14.8 Å². The molecule has 1 N–H and O–H groups in total. The second-order valence-corrected chi connectivity index (χ2v) is 5.76. The molecule has 0 aromatic heterocycles. The van der Waals surface area contributed by atoms with Crippen LogP contribution >= 0.6 is 11.6 Å². The maximum Gasteiger partial charge on any atom is 0.349 e. The Kier molecular flexibility index (Phi) is 3.87. The van der Waals surface area contributed by atoms with Crippen molar-refractivity contribution in [3.8, 4) is 0 Å². The zero-order valence-corrected chi connectivity index (χ0v) is 12.4. The molecule has 2 fully saturated rings. The molecule has 1 saturated heterocycles. The van der Waals surface area contributed by atoms with Gasteiger partial charge in [-0.05, 0) is 12.8 Å². The Morgan fingerprint density at radius 3 is 2.04 bits per heavy atom. The van der Waals surface area contributed by atoms with Crippen molar-refractivity contribution < 1.29 is 32.2 Å². The Labute approximate surface area is 133 Å². The number of esters is 2. The van der Waals surface area contributed by atoms with Gasteiger partial charge in [0.1, 0.15) is 5.03 Å². The molecule has 0 aromatic rings. The van der Waals surface area contributed by atoms with Crippen LogP contribution in [0.1, 0.15) is 32.1 Å². The molecule has 0 radical (unpaired) electrons. The lowest BCUT2D eigenvalue weighted by Gasteiger charge is -2.39. The number of dihydropyridines is 1. The largest absolute Gasteiger partial charge is 0.419 e. The van der Waals surface area contributed by atoms with Crippen LogP contribution in [-0.2, 0) is 19.1 Å². The Balaban J connectivity index is 2.05. The summed E-state index contributed by atoms with van der Waals surface area (Å²) in [6.45, 7) is 0. The molecule has 3 aliphatic rings. The third-order valence-corrected chi connectivity index (χ3v) is 4.23. The lowest BCUT2D eigenvalue weighted by molar-refractivity contribution is -0.244. The van der Waals surface area contributed by atoms with Gasteiger partial charge in [-0.1, -0.05) is 18.0 Å². The van der Waals surface area contributed by atoms with E-state index in [2.05, 4.69) is 0 Å². The number of halogens is 4. The number of allylic oxidation sites excluding steroid dienone is 3. The van der Waals surface area contributed by atoms with E-state index in [-0.39, 0.29) is 0 Å². The summed E-state index contributed by atoms with van der Waals surface area (Å²) in [4.78, 5) is 24.3. The Morgan fingerprint density at radius 2 is 1.48 bits per heavy atom. The van der Waals surface area contributed by atoms with E-state index in [4.69, 9.17) is 21.1 Å². The number of hydrogen-bond donors (Lipinski definition) is 1. The van der Waals surface area contributed by atoms with Crippen LogP contribution in [0.5, 0.6) is 0 Å². The Hall–Kier alpha value is -1.96. The van der Waals surface area contributed by atoms with Gasteiger partial charge in [0.15, 0.2) is 11.4 Å². The predicted octanol–water partition coefficient (Wildman–Crippen LogP) is 3.13. The Bertz CT molecular complexity index is 644. The van der Waals surface area contributed by atoms with Crippen molar-refractivity contribution in [1.29, 1.82) is 0 Å². The van der Waals surface area contributed by atoms with Crippen molar-refractivity contribution in [2.45, 2.75) is 37.9 Å². The van der Waals surface area contributed by atoms with Crippen molar-refractivity contribution in [2.75, 3.05) is 0 Å². The molecule has 3 rings (SSSR count). The van der Waals surface area contributed by atoms with Crippen molar-refractivity contribution >= 4 is 23.5 Å². The van der Waals surface area contributed by atoms with Gasteiger partial charge >= 0.3 is 11.9 Å². The van der Waals surface area contributed by atoms with Gasteiger partial charge in [-0.3, -0.25) is 0 Å². The maximum absolute atomic E-state index is 13.9. The number of rotatable bonds is 0. The first kappa shape index (κ1) is 15.9. The third-order valence-electron chi connectivity index (χ3n) is 3.87. The molecular weight excluding hydrogens is 339 g/mol. The highest BCUT2D eigenvalue weighted by Gasteiger charge is 2.49. The standard InChI is InChI=1S/C14H11ClF3NO4/c15-8-6(9(16)11(18)19-10(8)17)7-12(20)22-14(23-13(7)21)4-2-1-3-5-14/h19H,1-5H2. The van der Waals surface area contributed by atoms with Crippen LogP contribution in [0.25, 0.3) is 0 Å². The van der Waals surface area contributed by atoms with E-state index >= 15 is 0 Å². The summed E-state index contributed by atoms with van der Waals surface area (Å²) >= 11 is 5.56. The molecule has 0 amide bonds. The maximum atomic E-state index is 13.9. The van der Waals surface area contributed by atoms with E-state index < -0.39 is 51.6 Å². The number of carbonyl (C=O) groups is 2. The highest BCUT2D eigenvalue weighted by molar-refractivity contribution is 6.34. The molecule has 0 aromatic carbocycles. The summed E-state index contributed by atoms with van der Waals surface area (Å²) in [5.41, 5.74) is -1.98. The van der Waals surface area contributed by atoms with Crippen molar-refractivity contribution in [3.05, 3.63) is 33.9 Å². The average molecular weight is 350 g/mol. The molecule has 2 aliphatic heterocycles. The summed E-state index contributed by atoms with van der Waals surface area (Å²) in [6, 6.07) is 0. The monoisotopic (exact) mass is 349 g/mol. The normalized spacial score (nSPS) is 24.7. The highest BCUT2D eigenvalue weighted by atomic mass is 35.5. The number of nitrogens with one attached hydrogen (secondary N) is 1. The number of carbonyl (C=O) groups excluding carboxylic acids is 2. The molecule has 124 valence electrons. The minimum absolute atomic E-state index is 0.319. The first-order chi connectivity index (χ1) is 10.8. The predicted molar refractivity (Wildman–Crippen MR) is 71.4 cm³/mol. The first-order valence-corrected chi connectivity index (χ1v) is 7.32. The lowest BCUT2D eigenvalue weighted by atomic mass is 9.92.